The minimum atomic E-state index is -0.187. The SMILES string of the molecule is O=C(Cn1nc2c(cc1=O)CCCCC2)NC[C@@H]1CCCO1. The second-order valence-electron chi connectivity index (χ2n) is 6.11. The molecule has 120 valence electrons. The first-order chi connectivity index (χ1) is 10.7. The fourth-order valence-corrected chi connectivity index (χ4v) is 3.12. The van der Waals surface area contributed by atoms with E-state index in [9.17, 15) is 9.59 Å². The topological polar surface area (TPSA) is 73.2 Å². The molecule has 1 saturated heterocycles. The minimum absolute atomic E-state index is 0.0150. The fourth-order valence-electron chi connectivity index (χ4n) is 3.12. The Balaban J connectivity index is 1.62. The quantitative estimate of drug-likeness (QED) is 0.835. The molecule has 6 nitrogen and oxygen atoms in total. The molecule has 1 N–H and O–H groups in total. The van der Waals surface area contributed by atoms with Gasteiger partial charge in [-0.25, -0.2) is 4.68 Å². The molecular weight excluding hydrogens is 282 g/mol. The summed E-state index contributed by atoms with van der Waals surface area (Å²) in [6.07, 6.45) is 7.34. The average Bonchev–Trinajstić information content (AvgIpc) is 2.92. The van der Waals surface area contributed by atoms with Crippen molar-refractivity contribution in [1.29, 1.82) is 0 Å². The normalized spacial score (nSPS) is 21.2. The first-order valence-electron chi connectivity index (χ1n) is 8.20. The van der Waals surface area contributed by atoms with Crippen molar-refractivity contribution < 1.29 is 9.53 Å². The van der Waals surface area contributed by atoms with E-state index in [0.29, 0.717) is 6.54 Å². The van der Waals surface area contributed by atoms with Crippen LogP contribution in [0.25, 0.3) is 0 Å². The Morgan fingerprint density at radius 2 is 2.18 bits per heavy atom. The Bertz CT molecular complexity index is 591. The number of aromatic nitrogens is 2. The Morgan fingerprint density at radius 3 is 3.00 bits per heavy atom. The summed E-state index contributed by atoms with van der Waals surface area (Å²) in [5, 5.41) is 7.23. The number of amides is 1. The van der Waals surface area contributed by atoms with Crippen molar-refractivity contribution in [2.24, 2.45) is 0 Å². The summed E-state index contributed by atoms with van der Waals surface area (Å²) in [5.74, 6) is -0.182. The molecule has 22 heavy (non-hydrogen) atoms. The number of rotatable bonds is 4. The average molecular weight is 305 g/mol. The molecule has 0 saturated carbocycles. The summed E-state index contributed by atoms with van der Waals surface area (Å²) in [5.41, 5.74) is 1.84. The van der Waals surface area contributed by atoms with Crippen LogP contribution in [0.3, 0.4) is 0 Å². The van der Waals surface area contributed by atoms with Crippen LogP contribution in [-0.2, 0) is 28.9 Å². The van der Waals surface area contributed by atoms with E-state index >= 15 is 0 Å². The van der Waals surface area contributed by atoms with Gasteiger partial charge in [0, 0.05) is 19.2 Å². The maximum Gasteiger partial charge on any atom is 0.267 e. The molecule has 0 unspecified atom stereocenters. The van der Waals surface area contributed by atoms with Crippen molar-refractivity contribution in [3.63, 3.8) is 0 Å². The number of nitrogens with zero attached hydrogens (tertiary/aromatic N) is 2. The van der Waals surface area contributed by atoms with Crippen LogP contribution in [0.1, 0.15) is 43.4 Å². The van der Waals surface area contributed by atoms with E-state index in [1.165, 1.54) is 11.1 Å². The third-order valence-electron chi connectivity index (χ3n) is 4.37. The lowest BCUT2D eigenvalue weighted by Crippen LogP contribution is -2.37. The molecule has 0 spiro atoms. The molecule has 0 radical (unpaired) electrons. The van der Waals surface area contributed by atoms with Gasteiger partial charge in [0.1, 0.15) is 6.54 Å². The molecule has 1 aromatic rings. The fraction of sp³-hybridized carbons (Fsp3) is 0.688. The molecule has 0 bridgehead atoms. The predicted octanol–water partition coefficient (Wildman–Crippen LogP) is 0.807. The number of carbonyl (C=O) groups excluding carboxylic acids is 1. The molecule has 1 fully saturated rings. The second kappa shape index (κ2) is 7.05. The van der Waals surface area contributed by atoms with Gasteiger partial charge >= 0.3 is 0 Å². The molecule has 2 heterocycles. The van der Waals surface area contributed by atoms with Crippen LogP contribution < -0.4 is 10.9 Å². The number of hydrogen-bond donors (Lipinski definition) is 1. The monoisotopic (exact) mass is 305 g/mol. The minimum Gasteiger partial charge on any atom is -0.376 e. The van der Waals surface area contributed by atoms with E-state index in [2.05, 4.69) is 10.4 Å². The Kier molecular flexibility index (Phi) is 4.87. The van der Waals surface area contributed by atoms with Gasteiger partial charge in [0.2, 0.25) is 5.91 Å². The van der Waals surface area contributed by atoms with Crippen molar-refractivity contribution in [2.45, 2.75) is 57.6 Å². The zero-order chi connectivity index (χ0) is 15.4. The molecule has 0 aromatic carbocycles. The molecule has 1 aromatic heterocycles. The molecule has 1 aliphatic heterocycles. The van der Waals surface area contributed by atoms with Crippen LogP contribution in [-0.4, -0.2) is 34.9 Å². The zero-order valence-corrected chi connectivity index (χ0v) is 12.8. The summed E-state index contributed by atoms with van der Waals surface area (Å²) in [7, 11) is 0. The van der Waals surface area contributed by atoms with Crippen molar-refractivity contribution in [3.8, 4) is 0 Å². The van der Waals surface area contributed by atoms with Gasteiger partial charge in [0.25, 0.3) is 5.56 Å². The van der Waals surface area contributed by atoms with Crippen molar-refractivity contribution in [1.82, 2.24) is 15.1 Å². The zero-order valence-electron chi connectivity index (χ0n) is 12.8. The van der Waals surface area contributed by atoms with E-state index in [4.69, 9.17) is 4.74 Å². The smallest absolute Gasteiger partial charge is 0.267 e. The van der Waals surface area contributed by atoms with Crippen molar-refractivity contribution in [2.75, 3.05) is 13.2 Å². The third kappa shape index (κ3) is 3.74. The number of carbonyl (C=O) groups is 1. The van der Waals surface area contributed by atoms with E-state index < -0.39 is 0 Å². The van der Waals surface area contributed by atoms with Crippen LogP contribution in [0.2, 0.25) is 0 Å². The van der Waals surface area contributed by atoms with E-state index in [1.54, 1.807) is 6.07 Å². The summed E-state index contributed by atoms with van der Waals surface area (Å²) < 4.78 is 6.75. The van der Waals surface area contributed by atoms with Gasteiger partial charge in [-0.2, -0.15) is 5.10 Å². The summed E-state index contributed by atoms with van der Waals surface area (Å²) in [4.78, 5) is 24.1. The first-order valence-corrected chi connectivity index (χ1v) is 8.20. The Hall–Kier alpha value is -1.69. The summed E-state index contributed by atoms with van der Waals surface area (Å²) in [6, 6.07) is 1.65. The maximum absolute atomic E-state index is 12.1. The van der Waals surface area contributed by atoms with Gasteiger partial charge in [-0.15, -0.1) is 0 Å². The standard InChI is InChI=1S/C16H23N3O3/c20-15(17-10-13-6-4-8-22-13)11-19-16(21)9-12-5-2-1-3-7-14(12)18-19/h9,13H,1-8,10-11H2,(H,17,20)/t13-/m0/s1. The Morgan fingerprint density at radius 1 is 1.32 bits per heavy atom. The molecular formula is C16H23N3O3. The molecule has 1 atom stereocenters. The number of nitrogens with one attached hydrogen (secondary N) is 1. The lowest BCUT2D eigenvalue weighted by Gasteiger charge is -2.12. The first kappa shape index (κ1) is 15.2. The van der Waals surface area contributed by atoms with E-state index in [0.717, 1.165) is 56.4 Å². The molecule has 6 heteroatoms. The second-order valence-corrected chi connectivity index (χ2v) is 6.11. The maximum atomic E-state index is 12.1. The highest BCUT2D eigenvalue weighted by molar-refractivity contribution is 5.75. The highest BCUT2D eigenvalue weighted by Crippen LogP contribution is 2.16. The van der Waals surface area contributed by atoms with Gasteiger partial charge in [0.15, 0.2) is 0 Å². The van der Waals surface area contributed by atoms with E-state index in [-0.39, 0.29) is 24.1 Å². The third-order valence-corrected chi connectivity index (χ3v) is 4.37. The molecule has 1 aliphatic carbocycles. The molecule has 1 amide bonds. The van der Waals surface area contributed by atoms with Crippen LogP contribution >= 0.6 is 0 Å². The number of ether oxygens (including phenoxy) is 1. The number of aryl methyl sites for hydroxylation is 2. The van der Waals surface area contributed by atoms with Gasteiger partial charge < -0.3 is 10.1 Å². The predicted molar refractivity (Wildman–Crippen MR) is 81.7 cm³/mol. The van der Waals surface area contributed by atoms with Gasteiger partial charge in [-0.05, 0) is 44.1 Å². The van der Waals surface area contributed by atoms with Gasteiger partial charge in [0.05, 0.1) is 11.8 Å². The highest BCUT2D eigenvalue weighted by atomic mass is 16.5. The lowest BCUT2D eigenvalue weighted by atomic mass is 10.1. The summed E-state index contributed by atoms with van der Waals surface area (Å²) in [6.45, 7) is 1.27. The summed E-state index contributed by atoms with van der Waals surface area (Å²) >= 11 is 0. The highest BCUT2D eigenvalue weighted by Gasteiger charge is 2.17. The number of fused-ring (bicyclic) bond motifs is 1. The largest absolute Gasteiger partial charge is 0.376 e. The lowest BCUT2D eigenvalue weighted by molar-refractivity contribution is -0.122. The van der Waals surface area contributed by atoms with Crippen LogP contribution in [0.5, 0.6) is 0 Å². The van der Waals surface area contributed by atoms with Crippen molar-refractivity contribution in [3.05, 3.63) is 27.7 Å². The van der Waals surface area contributed by atoms with Crippen LogP contribution in [0.4, 0.5) is 0 Å². The van der Waals surface area contributed by atoms with Crippen LogP contribution in [0, 0.1) is 0 Å². The van der Waals surface area contributed by atoms with Crippen LogP contribution in [0.15, 0.2) is 10.9 Å². The molecule has 2 aliphatic rings. The number of hydrogen-bond acceptors (Lipinski definition) is 4. The van der Waals surface area contributed by atoms with E-state index in [1.807, 2.05) is 0 Å². The van der Waals surface area contributed by atoms with Gasteiger partial charge in [-0.3, -0.25) is 9.59 Å². The van der Waals surface area contributed by atoms with Gasteiger partial charge in [-0.1, -0.05) is 6.42 Å². The van der Waals surface area contributed by atoms with Crippen molar-refractivity contribution >= 4 is 5.91 Å². The Labute approximate surface area is 129 Å². The molecule has 3 rings (SSSR count).